The highest BCUT2D eigenvalue weighted by atomic mass is 31.2. The maximum absolute atomic E-state index is 10.8. The zero-order chi connectivity index (χ0) is 9.19. The second-order valence-corrected chi connectivity index (χ2v) is 4.24. The Bertz CT molecular complexity index is 194. The zero-order valence-corrected chi connectivity index (χ0v) is 8.64. The SMILES string of the molecule is CCC1(CC)O[P+](=O)O[P+](=O)O1. The summed E-state index contributed by atoms with van der Waals surface area (Å²) in [6.45, 7) is 3.61. The molecule has 1 aliphatic rings. The Morgan fingerprint density at radius 2 is 1.50 bits per heavy atom. The maximum Gasteiger partial charge on any atom is 0.750 e. The van der Waals surface area contributed by atoms with Gasteiger partial charge in [0.1, 0.15) is 0 Å². The van der Waals surface area contributed by atoms with Gasteiger partial charge < -0.3 is 0 Å². The topological polar surface area (TPSA) is 61.8 Å². The van der Waals surface area contributed by atoms with Crippen LogP contribution in [-0.4, -0.2) is 5.79 Å². The lowest BCUT2D eigenvalue weighted by atomic mass is 10.2. The minimum absolute atomic E-state index is 0.495. The third-order valence-corrected chi connectivity index (χ3v) is 3.72. The molecule has 0 saturated carbocycles. The van der Waals surface area contributed by atoms with Crippen LogP contribution >= 0.6 is 16.5 Å². The van der Waals surface area contributed by atoms with E-state index < -0.39 is 22.3 Å². The van der Waals surface area contributed by atoms with Crippen molar-refractivity contribution < 1.29 is 22.5 Å². The highest BCUT2D eigenvalue weighted by Crippen LogP contribution is 2.53. The van der Waals surface area contributed by atoms with Gasteiger partial charge in [0.15, 0.2) is 4.31 Å². The quantitative estimate of drug-likeness (QED) is 0.658. The predicted octanol–water partition coefficient (Wildman–Crippen LogP) is 2.88. The summed E-state index contributed by atoms with van der Waals surface area (Å²) in [5.74, 6) is -0.987. The first-order chi connectivity index (χ1) is 5.62. The largest absolute Gasteiger partial charge is 0.750 e. The molecule has 0 N–H and O–H groups in total. The molecule has 68 valence electrons. The molecule has 0 aromatic heterocycles. The lowest BCUT2D eigenvalue weighted by Gasteiger charge is -2.17. The van der Waals surface area contributed by atoms with Gasteiger partial charge in [-0.2, -0.15) is 0 Å². The second kappa shape index (κ2) is 3.86. The summed E-state index contributed by atoms with van der Waals surface area (Å²) in [6.07, 6.45) is 0.990. The second-order valence-electron chi connectivity index (χ2n) is 2.33. The van der Waals surface area contributed by atoms with Gasteiger partial charge in [0.2, 0.25) is 0 Å². The molecule has 1 aliphatic heterocycles. The average Bonchev–Trinajstić information content (AvgIpc) is 2.02. The van der Waals surface area contributed by atoms with E-state index in [2.05, 4.69) is 4.31 Å². The summed E-state index contributed by atoms with van der Waals surface area (Å²) in [5.41, 5.74) is 0. The minimum Gasteiger partial charge on any atom is -0.0756 e. The van der Waals surface area contributed by atoms with Crippen molar-refractivity contribution in [2.45, 2.75) is 32.5 Å². The van der Waals surface area contributed by atoms with E-state index >= 15 is 0 Å². The van der Waals surface area contributed by atoms with E-state index in [1.54, 1.807) is 13.8 Å². The molecule has 1 fully saturated rings. The monoisotopic (exact) mass is 212 g/mol. The van der Waals surface area contributed by atoms with Crippen molar-refractivity contribution in [3.8, 4) is 0 Å². The summed E-state index contributed by atoms with van der Waals surface area (Å²) < 4.78 is 35.9. The third-order valence-electron chi connectivity index (χ3n) is 1.69. The Balaban J connectivity index is 2.76. The molecular weight excluding hydrogens is 202 g/mol. The van der Waals surface area contributed by atoms with Crippen LogP contribution in [0.25, 0.3) is 0 Å². The molecular formula is C5H10O5P2+2. The molecule has 7 heteroatoms. The number of hydrogen-bond acceptors (Lipinski definition) is 5. The molecule has 2 atom stereocenters. The van der Waals surface area contributed by atoms with Crippen molar-refractivity contribution in [2.75, 3.05) is 0 Å². The molecule has 5 nitrogen and oxygen atoms in total. The fraction of sp³-hybridized carbons (Fsp3) is 1.00. The van der Waals surface area contributed by atoms with Crippen LogP contribution in [0.15, 0.2) is 0 Å². The Morgan fingerprint density at radius 1 is 1.08 bits per heavy atom. The Morgan fingerprint density at radius 3 is 1.83 bits per heavy atom. The van der Waals surface area contributed by atoms with Gasteiger partial charge in [0.25, 0.3) is 5.79 Å². The van der Waals surface area contributed by atoms with Crippen LogP contribution in [0.1, 0.15) is 26.7 Å². The highest BCUT2D eigenvalue weighted by Gasteiger charge is 2.59. The summed E-state index contributed by atoms with van der Waals surface area (Å²) in [4.78, 5) is 0. The van der Waals surface area contributed by atoms with Crippen molar-refractivity contribution in [1.82, 2.24) is 0 Å². The van der Waals surface area contributed by atoms with Crippen molar-refractivity contribution in [3.63, 3.8) is 0 Å². The summed E-state index contributed by atoms with van der Waals surface area (Å²) in [5, 5.41) is 0. The lowest BCUT2D eigenvalue weighted by molar-refractivity contribution is -0.132. The van der Waals surface area contributed by atoms with E-state index in [1.165, 1.54) is 0 Å². The number of rotatable bonds is 2. The maximum atomic E-state index is 10.8. The Hall–Kier alpha value is 0.0800. The van der Waals surface area contributed by atoms with Gasteiger partial charge >= 0.3 is 16.5 Å². The van der Waals surface area contributed by atoms with Crippen LogP contribution in [0.3, 0.4) is 0 Å². The minimum atomic E-state index is -2.29. The Labute approximate surface area is 72.3 Å². The van der Waals surface area contributed by atoms with E-state index in [0.29, 0.717) is 12.8 Å². The molecule has 12 heavy (non-hydrogen) atoms. The van der Waals surface area contributed by atoms with Gasteiger partial charge in [-0.05, 0) is 0 Å². The fourth-order valence-corrected chi connectivity index (χ4v) is 2.78. The lowest BCUT2D eigenvalue weighted by Crippen LogP contribution is -2.31. The molecule has 0 amide bonds. The molecule has 0 radical (unpaired) electrons. The molecule has 0 aromatic carbocycles. The van der Waals surface area contributed by atoms with Gasteiger partial charge in [-0.25, -0.2) is 0 Å². The molecule has 0 aromatic rings. The van der Waals surface area contributed by atoms with Crippen LogP contribution in [0, 0.1) is 0 Å². The van der Waals surface area contributed by atoms with Crippen molar-refractivity contribution in [1.29, 1.82) is 0 Å². The van der Waals surface area contributed by atoms with E-state index in [-0.39, 0.29) is 0 Å². The first kappa shape index (κ1) is 10.2. The molecule has 0 spiro atoms. The molecule has 1 heterocycles. The molecule has 1 rings (SSSR count). The van der Waals surface area contributed by atoms with Crippen LogP contribution in [-0.2, 0) is 22.5 Å². The van der Waals surface area contributed by atoms with Crippen molar-refractivity contribution in [2.24, 2.45) is 0 Å². The smallest absolute Gasteiger partial charge is 0.0756 e. The van der Waals surface area contributed by atoms with E-state index in [1.807, 2.05) is 0 Å². The number of hydrogen-bond donors (Lipinski definition) is 0. The molecule has 2 unspecified atom stereocenters. The van der Waals surface area contributed by atoms with Gasteiger partial charge in [-0.15, -0.1) is 0 Å². The normalized spacial score (nSPS) is 28.8. The van der Waals surface area contributed by atoms with Gasteiger partial charge in [0, 0.05) is 22.0 Å². The third kappa shape index (κ3) is 2.06. The van der Waals surface area contributed by atoms with E-state index in [0.717, 1.165) is 0 Å². The Kier molecular flexibility index (Phi) is 3.27. The molecule has 0 bridgehead atoms. The van der Waals surface area contributed by atoms with Gasteiger partial charge in [0.05, 0.1) is 0 Å². The standard InChI is InChI=1S/C5H10O5P2/c1-3-5(4-2)8-11(6)10-12(7)9-5/h3-4H2,1-2H3/q+2. The highest BCUT2D eigenvalue weighted by molar-refractivity contribution is 7.48. The van der Waals surface area contributed by atoms with Crippen LogP contribution in [0.2, 0.25) is 0 Å². The fourth-order valence-electron chi connectivity index (χ4n) is 0.884. The predicted molar refractivity (Wildman–Crippen MR) is 41.8 cm³/mol. The van der Waals surface area contributed by atoms with Gasteiger partial charge in [-0.1, -0.05) is 22.9 Å². The summed E-state index contributed by atoms with van der Waals surface area (Å²) in [6, 6.07) is 0. The first-order valence-electron chi connectivity index (χ1n) is 3.63. The van der Waals surface area contributed by atoms with E-state index in [4.69, 9.17) is 9.05 Å². The zero-order valence-electron chi connectivity index (χ0n) is 6.85. The van der Waals surface area contributed by atoms with Gasteiger partial charge in [-0.3, -0.25) is 0 Å². The first-order valence-corrected chi connectivity index (χ1v) is 5.82. The van der Waals surface area contributed by atoms with Crippen LogP contribution in [0.5, 0.6) is 0 Å². The molecule has 1 saturated heterocycles. The summed E-state index contributed by atoms with van der Waals surface area (Å²) >= 11 is 0. The summed E-state index contributed by atoms with van der Waals surface area (Å²) in [7, 11) is -4.58. The van der Waals surface area contributed by atoms with Crippen molar-refractivity contribution in [3.05, 3.63) is 0 Å². The van der Waals surface area contributed by atoms with Crippen LogP contribution in [0.4, 0.5) is 0 Å². The van der Waals surface area contributed by atoms with E-state index in [9.17, 15) is 9.13 Å². The average molecular weight is 212 g/mol. The van der Waals surface area contributed by atoms with Crippen LogP contribution < -0.4 is 0 Å². The molecule has 0 aliphatic carbocycles. The van der Waals surface area contributed by atoms with Crippen molar-refractivity contribution >= 4 is 16.5 Å².